The fourth-order valence-electron chi connectivity index (χ4n) is 2.50. The molecule has 0 saturated heterocycles. The first kappa shape index (κ1) is 12.9. The molecule has 18 heavy (non-hydrogen) atoms. The molecule has 0 radical (unpaired) electrons. The molecule has 1 amide bonds. The van der Waals surface area contributed by atoms with Gasteiger partial charge in [-0.1, -0.05) is 32.1 Å². The molecule has 4 heteroatoms. The second kappa shape index (κ2) is 6.38. The van der Waals surface area contributed by atoms with Crippen LogP contribution in [0.4, 0.5) is 11.5 Å². The van der Waals surface area contributed by atoms with E-state index in [-0.39, 0.29) is 5.91 Å². The molecular formula is C14H21N3O. The van der Waals surface area contributed by atoms with Crippen molar-refractivity contribution in [3.05, 3.63) is 18.3 Å². The number of carbonyl (C=O) groups is 1. The number of hydrogen-bond donors (Lipinski definition) is 2. The van der Waals surface area contributed by atoms with Gasteiger partial charge in [0.2, 0.25) is 5.91 Å². The first-order valence-corrected chi connectivity index (χ1v) is 6.75. The van der Waals surface area contributed by atoms with Crippen molar-refractivity contribution in [1.82, 2.24) is 4.98 Å². The Labute approximate surface area is 108 Å². The zero-order valence-corrected chi connectivity index (χ0v) is 10.7. The smallest absolute Gasteiger partial charge is 0.225 e. The van der Waals surface area contributed by atoms with E-state index in [0.29, 0.717) is 17.9 Å². The monoisotopic (exact) mass is 247 g/mol. The normalized spacial score (nSPS) is 16.4. The molecule has 1 saturated carbocycles. The maximum atomic E-state index is 11.8. The van der Waals surface area contributed by atoms with E-state index in [1.165, 1.54) is 32.1 Å². The molecule has 0 spiro atoms. The van der Waals surface area contributed by atoms with Gasteiger partial charge in [-0.25, -0.2) is 4.98 Å². The molecule has 1 aliphatic rings. The van der Waals surface area contributed by atoms with Crippen LogP contribution in [0.15, 0.2) is 18.3 Å². The van der Waals surface area contributed by atoms with E-state index in [1.54, 1.807) is 18.3 Å². The third kappa shape index (κ3) is 4.02. The summed E-state index contributed by atoms with van der Waals surface area (Å²) in [5.74, 6) is 1.37. The summed E-state index contributed by atoms with van der Waals surface area (Å²) in [7, 11) is 0. The van der Waals surface area contributed by atoms with Gasteiger partial charge in [-0.3, -0.25) is 4.79 Å². The molecule has 4 nitrogen and oxygen atoms in total. The fraction of sp³-hybridized carbons (Fsp3) is 0.571. The number of amides is 1. The average molecular weight is 247 g/mol. The van der Waals surface area contributed by atoms with Crippen molar-refractivity contribution in [2.75, 3.05) is 11.1 Å². The van der Waals surface area contributed by atoms with Crippen LogP contribution in [0.1, 0.15) is 44.9 Å². The Bertz CT molecular complexity index is 383. The Balaban J connectivity index is 1.73. The van der Waals surface area contributed by atoms with Crippen LogP contribution in [0.5, 0.6) is 0 Å². The van der Waals surface area contributed by atoms with Gasteiger partial charge in [0.05, 0.1) is 11.9 Å². The van der Waals surface area contributed by atoms with E-state index in [1.807, 2.05) is 0 Å². The predicted molar refractivity (Wildman–Crippen MR) is 73.1 cm³/mol. The van der Waals surface area contributed by atoms with Crippen LogP contribution in [-0.2, 0) is 4.79 Å². The molecule has 0 unspecified atom stereocenters. The van der Waals surface area contributed by atoms with Crippen LogP contribution in [0.25, 0.3) is 0 Å². The maximum absolute atomic E-state index is 11.8. The standard InChI is InChI=1S/C14H21N3O/c15-12-7-8-13(16-10-12)17-14(18)9-6-11-4-2-1-3-5-11/h7-8,10-11H,1-6,9,15H2,(H,16,17,18). The third-order valence-corrected chi connectivity index (χ3v) is 3.56. The molecule has 0 bridgehead atoms. The number of nitrogens with one attached hydrogen (secondary N) is 1. The Hall–Kier alpha value is -1.58. The van der Waals surface area contributed by atoms with Crippen molar-refractivity contribution in [3.63, 3.8) is 0 Å². The van der Waals surface area contributed by atoms with Gasteiger partial charge in [-0.05, 0) is 24.5 Å². The van der Waals surface area contributed by atoms with Gasteiger partial charge in [0.1, 0.15) is 5.82 Å². The summed E-state index contributed by atoms with van der Waals surface area (Å²) < 4.78 is 0. The predicted octanol–water partition coefficient (Wildman–Crippen LogP) is 2.96. The van der Waals surface area contributed by atoms with Gasteiger partial charge >= 0.3 is 0 Å². The number of anilines is 2. The summed E-state index contributed by atoms with van der Waals surface area (Å²) in [6.45, 7) is 0. The van der Waals surface area contributed by atoms with Crippen LogP contribution in [0.3, 0.4) is 0 Å². The molecule has 98 valence electrons. The average Bonchev–Trinajstić information content (AvgIpc) is 2.40. The number of nitrogens with two attached hydrogens (primary N) is 1. The lowest BCUT2D eigenvalue weighted by atomic mass is 9.86. The van der Waals surface area contributed by atoms with Crippen molar-refractivity contribution >= 4 is 17.4 Å². The van der Waals surface area contributed by atoms with E-state index >= 15 is 0 Å². The van der Waals surface area contributed by atoms with Crippen LogP contribution >= 0.6 is 0 Å². The number of carbonyl (C=O) groups excluding carboxylic acids is 1. The summed E-state index contributed by atoms with van der Waals surface area (Å²) in [6.07, 6.45) is 9.73. The Kier molecular flexibility index (Phi) is 4.56. The van der Waals surface area contributed by atoms with Crippen molar-refractivity contribution < 1.29 is 4.79 Å². The largest absolute Gasteiger partial charge is 0.397 e. The lowest BCUT2D eigenvalue weighted by Gasteiger charge is -2.20. The molecule has 2 rings (SSSR count). The minimum absolute atomic E-state index is 0.0536. The van der Waals surface area contributed by atoms with E-state index < -0.39 is 0 Å². The summed E-state index contributed by atoms with van der Waals surface area (Å²) in [6, 6.07) is 3.47. The highest BCUT2D eigenvalue weighted by molar-refractivity contribution is 5.89. The van der Waals surface area contributed by atoms with Gasteiger partial charge < -0.3 is 11.1 Å². The van der Waals surface area contributed by atoms with Crippen molar-refractivity contribution in [2.24, 2.45) is 5.92 Å². The third-order valence-electron chi connectivity index (χ3n) is 3.56. The van der Waals surface area contributed by atoms with Crippen LogP contribution in [0, 0.1) is 5.92 Å². The van der Waals surface area contributed by atoms with Crippen molar-refractivity contribution in [1.29, 1.82) is 0 Å². The zero-order chi connectivity index (χ0) is 12.8. The molecule has 1 heterocycles. The first-order valence-electron chi connectivity index (χ1n) is 6.75. The lowest BCUT2D eigenvalue weighted by Crippen LogP contribution is -2.15. The number of rotatable bonds is 4. The molecule has 0 aromatic carbocycles. The van der Waals surface area contributed by atoms with Gasteiger partial charge in [-0.2, -0.15) is 0 Å². The zero-order valence-electron chi connectivity index (χ0n) is 10.7. The number of nitrogens with zero attached hydrogens (tertiary/aromatic N) is 1. The highest BCUT2D eigenvalue weighted by atomic mass is 16.1. The van der Waals surface area contributed by atoms with Crippen molar-refractivity contribution in [2.45, 2.75) is 44.9 Å². The SMILES string of the molecule is Nc1ccc(NC(=O)CCC2CCCCC2)nc1. The molecule has 3 N–H and O–H groups in total. The minimum atomic E-state index is 0.0536. The molecular weight excluding hydrogens is 226 g/mol. The van der Waals surface area contributed by atoms with Crippen LogP contribution in [0.2, 0.25) is 0 Å². The first-order chi connectivity index (χ1) is 8.74. The van der Waals surface area contributed by atoms with Crippen LogP contribution in [-0.4, -0.2) is 10.9 Å². The molecule has 1 aromatic rings. The Morgan fingerprint density at radius 2 is 2.11 bits per heavy atom. The summed E-state index contributed by atoms with van der Waals surface area (Å²) in [5.41, 5.74) is 6.15. The van der Waals surface area contributed by atoms with E-state index in [4.69, 9.17) is 5.73 Å². The maximum Gasteiger partial charge on any atom is 0.225 e. The molecule has 0 aliphatic heterocycles. The minimum Gasteiger partial charge on any atom is -0.397 e. The lowest BCUT2D eigenvalue weighted by molar-refractivity contribution is -0.116. The van der Waals surface area contributed by atoms with Gasteiger partial charge in [0.25, 0.3) is 0 Å². The number of nitrogen functional groups attached to an aromatic ring is 1. The summed E-state index contributed by atoms with van der Waals surface area (Å²) in [5, 5.41) is 2.80. The van der Waals surface area contributed by atoms with Crippen LogP contribution < -0.4 is 11.1 Å². The Morgan fingerprint density at radius 3 is 2.78 bits per heavy atom. The Morgan fingerprint density at radius 1 is 1.33 bits per heavy atom. The van der Waals surface area contributed by atoms with E-state index in [9.17, 15) is 4.79 Å². The molecule has 1 aliphatic carbocycles. The van der Waals surface area contributed by atoms with Gasteiger partial charge in [0, 0.05) is 6.42 Å². The molecule has 1 fully saturated rings. The van der Waals surface area contributed by atoms with Crippen molar-refractivity contribution in [3.8, 4) is 0 Å². The fourth-order valence-corrected chi connectivity index (χ4v) is 2.50. The number of pyridine rings is 1. The second-order valence-corrected chi connectivity index (χ2v) is 5.07. The molecule has 1 aromatic heterocycles. The number of hydrogen-bond acceptors (Lipinski definition) is 3. The second-order valence-electron chi connectivity index (χ2n) is 5.07. The summed E-state index contributed by atoms with van der Waals surface area (Å²) in [4.78, 5) is 15.8. The highest BCUT2D eigenvalue weighted by Gasteiger charge is 2.14. The van der Waals surface area contributed by atoms with E-state index in [0.717, 1.165) is 12.3 Å². The quantitative estimate of drug-likeness (QED) is 0.859. The van der Waals surface area contributed by atoms with E-state index in [2.05, 4.69) is 10.3 Å². The molecule has 0 atom stereocenters. The number of aromatic nitrogens is 1. The summed E-state index contributed by atoms with van der Waals surface area (Å²) >= 11 is 0. The van der Waals surface area contributed by atoms with Gasteiger partial charge in [-0.15, -0.1) is 0 Å². The highest BCUT2D eigenvalue weighted by Crippen LogP contribution is 2.27. The van der Waals surface area contributed by atoms with Gasteiger partial charge in [0.15, 0.2) is 0 Å². The topological polar surface area (TPSA) is 68.0 Å².